The predicted molar refractivity (Wildman–Crippen MR) is 85.5 cm³/mol. The van der Waals surface area contributed by atoms with Gasteiger partial charge in [-0.2, -0.15) is 0 Å². The van der Waals surface area contributed by atoms with Gasteiger partial charge in [0.25, 0.3) is 0 Å². The molecule has 0 aromatic rings. The Labute approximate surface area is 119 Å². The molecule has 0 bridgehead atoms. The molecular weight excluding hydrogens is 267 g/mol. The smallest absolute Gasteiger partial charge is 0.0473 e. The van der Waals surface area contributed by atoms with Gasteiger partial charge in [-0.1, -0.05) is 63.7 Å². The van der Waals surface area contributed by atoms with Crippen LogP contribution in [0.1, 0.15) is 51.4 Å². The maximum atomic E-state index is 5.68. The van der Waals surface area contributed by atoms with Crippen LogP contribution in [0.25, 0.3) is 0 Å². The molecule has 0 atom stereocenters. The zero-order chi connectivity index (χ0) is 13.0. The van der Waals surface area contributed by atoms with E-state index in [9.17, 15) is 0 Å². The second-order valence-electron chi connectivity index (χ2n) is 5.87. The molecule has 0 aliphatic carbocycles. The van der Waals surface area contributed by atoms with E-state index < -0.39 is 8.07 Å². The van der Waals surface area contributed by atoms with Crippen LogP contribution in [0.2, 0.25) is 25.2 Å². The monoisotopic (exact) mass is 296 g/mol. The minimum Gasteiger partial charge on any atom is -0.127 e. The lowest BCUT2D eigenvalue weighted by Gasteiger charge is -2.22. The summed E-state index contributed by atoms with van der Waals surface area (Å²) < 4.78 is 0. The minimum absolute atomic E-state index is 0.835. The summed E-state index contributed by atoms with van der Waals surface area (Å²) >= 11 is 11.4. The third-order valence-corrected chi connectivity index (χ3v) is 7.42. The van der Waals surface area contributed by atoms with Crippen molar-refractivity contribution >= 4 is 31.3 Å². The summed E-state index contributed by atoms with van der Waals surface area (Å²) in [6, 6.07) is 3.01. The van der Waals surface area contributed by atoms with Gasteiger partial charge in [-0.15, -0.1) is 23.2 Å². The second-order valence-corrected chi connectivity index (χ2v) is 12.0. The minimum atomic E-state index is -0.890. The molecule has 0 radical (unpaired) electrons. The van der Waals surface area contributed by atoms with E-state index in [0.29, 0.717) is 0 Å². The Morgan fingerprint density at radius 2 is 0.941 bits per heavy atom. The number of halogens is 2. The highest BCUT2D eigenvalue weighted by Gasteiger charge is 2.18. The normalized spacial score (nSPS) is 12.0. The van der Waals surface area contributed by atoms with E-state index in [4.69, 9.17) is 23.2 Å². The van der Waals surface area contributed by atoms with E-state index in [1.54, 1.807) is 0 Å². The van der Waals surface area contributed by atoms with Crippen LogP contribution in [0, 0.1) is 0 Å². The Bertz CT molecular complexity index is 144. The molecule has 0 nitrogen and oxygen atoms in total. The van der Waals surface area contributed by atoms with Gasteiger partial charge in [0.1, 0.15) is 0 Å². The molecule has 104 valence electrons. The van der Waals surface area contributed by atoms with E-state index in [1.807, 2.05) is 0 Å². The zero-order valence-corrected chi connectivity index (χ0v) is 14.3. The molecule has 0 aromatic carbocycles. The molecule has 0 unspecified atom stereocenters. The predicted octanol–water partition coefficient (Wildman–Crippen LogP) is 6.29. The average Bonchev–Trinajstić information content (AvgIpc) is 2.28. The summed E-state index contributed by atoms with van der Waals surface area (Å²) in [4.78, 5) is 0. The number of rotatable bonds is 12. The molecule has 0 aliphatic rings. The topological polar surface area (TPSA) is 0 Å². The Morgan fingerprint density at radius 1 is 0.588 bits per heavy atom. The van der Waals surface area contributed by atoms with Crippen LogP contribution >= 0.6 is 23.2 Å². The fraction of sp³-hybridized carbons (Fsp3) is 1.00. The Balaban J connectivity index is 3.38. The first kappa shape index (κ1) is 17.8. The van der Waals surface area contributed by atoms with E-state index in [0.717, 1.165) is 11.8 Å². The Hall–Kier alpha value is 0.797. The number of hydrogen-bond acceptors (Lipinski definition) is 0. The van der Waals surface area contributed by atoms with E-state index in [1.165, 1.54) is 63.5 Å². The lowest BCUT2D eigenvalue weighted by atomic mass is 10.2. The van der Waals surface area contributed by atoms with Gasteiger partial charge in [-0.3, -0.25) is 0 Å². The fourth-order valence-corrected chi connectivity index (χ4v) is 5.27. The number of hydrogen-bond donors (Lipinski definition) is 0. The summed E-state index contributed by atoms with van der Waals surface area (Å²) in [5.41, 5.74) is 0. The molecule has 17 heavy (non-hydrogen) atoms. The van der Waals surface area contributed by atoms with Crippen molar-refractivity contribution in [1.29, 1.82) is 0 Å². The molecule has 0 N–H and O–H groups in total. The van der Waals surface area contributed by atoms with Crippen LogP contribution < -0.4 is 0 Å². The molecular formula is C14H30Cl2Si. The molecule has 0 rings (SSSR count). The van der Waals surface area contributed by atoms with E-state index in [2.05, 4.69) is 13.1 Å². The zero-order valence-electron chi connectivity index (χ0n) is 11.7. The summed E-state index contributed by atoms with van der Waals surface area (Å²) in [7, 11) is -0.890. The summed E-state index contributed by atoms with van der Waals surface area (Å²) in [5, 5.41) is 0. The Kier molecular flexibility index (Phi) is 12.4. The van der Waals surface area contributed by atoms with Gasteiger partial charge in [-0.25, -0.2) is 0 Å². The first-order valence-corrected chi connectivity index (χ1v) is 11.7. The first-order valence-electron chi connectivity index (χ1n) is 7.24. The highest BCUT2D eigenvalue weighted by Crippen LogP contribution is 2.22. The van der Waals surface area contributed by atoms with Crippen molar-refractivity contribution in [2.24, 2.45) is 0 Å². The van der Waals surface area contributed by atoms with Gasteiger partial charge in [0, 0.05) is 19.8 Å². The summed E-state index contributed by atoms with van der Waals surface area (Å²) in [6.45, 7) is 5.10. The largest absolute Gasteiger partial charge is 0.127 e. The molecule has 0 fully saturated rings. The highest BCUT2D eigenvalue weighted by molar-refractivity contribution is 6.77. The molecule has 0 aromatic heterocycles. The number of unbranched alkanes of at least 4 members (excludes halogenated alkanes) is 6. The van der Waals surface area contributed by atoms with Crippen molar-refractivity contribution < 1.29 is 0 Å². The quantitative estimate of drug-likeness (QED) is 0.225. The molecule has 0 saturated heterocycles. The Morgan fingerprint density at radius 3 is 1.29 bits per heavy atom. The van der Waals surface area contributed by atoms with Crippen molar-refractivity contribution in [2.45, 2.75) is 76.5 Å². The van der Waals surface area contributed by atoms with Gasteiger partial charge in [0.15, 0.2) is 0 Å². The number of alkyl halides is 2. The lowest BCUT2D eigenvalue weighted by molar-refractivity contribution is 0.684. The van der Waals surface area contributed by atoms with Gasteiger partial charge in [-0.05, 0) is 12.8 Å². The van der Waals surface area contributed by atoms with Crippen LogP contribution in [0.3, 0.4) is 0 Å². The molecule has 0 amide bonds. The average molecular weight is 297 g/mol. The first-order chi connectivity index (χ1) is 8.12. The molecule has 0 saturated carbocycles. The molecule has 0 heterocycles. The summed E-state index contributed by atoms with van der Waals surface area (Å²) in [6.07, 6.45) is 10.7. The summed E-state index contributed by atoms with van der Waals surface area (Å²) in [5.74, 6) is 1.67. The van der Waals surface area contributed by atoms with Crippen LogP contribution in [0.5, 0.6) is 0 Å². The third-order valence-electron chi connectivity index (χ3n) is 3.47. The van der Waals surface area contributed by atoms with Crippen LogP contribution in [-0.4, -0.2) is 19.8 Å². The van der Waals surface area contributed by atoms with Gasteiger partial charge in [0.05, 0.1) is 0 Å². The highest BCUT2D eigenvalue weighted by atomic mass is 35.5. The van der Waals surface area contributed by atoms with Crippen molar-refractivity contribution in [3.05, 3.63) is 0 Å². The standard InChI is InChI=1S/C14H30Cl2Si/c1-17(2,13-9-5-3-7-11-15)14-10-6-4-8-12-16/h3-14H2,1-2H3. The lowest BCUT2D eigenvalue weighted by Crippen LogP contribution is -2.24. The van der Waals surface area contributed by atoms with Gasteiger partial charge in [0.2, 0.25) is 0 Å². The molecule has 3 heteroatoms. The van der Waals surface area contributed by atoms with Gasteiger partial charge < -0.3 is 0 Å². The van der Waals surface area contributed by atoms with Gasteiger partial charge >= 0.3 is 0 Å². The van der Waals surface area contributed by atoms with Crippen molar-refractivity contribution in [3.63, 3.8) is 0 Å². The van der Waals surface area contributed by atoms with Crippen LogP contribution in [0.15, 0.2) is 0 Å². The fourth-order valence-electron chi connectivity index (χ4n) is 2.23. The second kappa shape index (κ2) is 11.9. The van der Waals surface area contributed by atoms with Crippen LogP contribution in [-0.2, 0) is 0 Å². The van der Waals surface area contributed by atoms with E-state index >= 15 is 0 Å². The van der Waals surface area contributed by atoms with Crippen molar-refractivity contribution in [1.82, 2.24) is 0 Å². The maximum Gasteiger partial charge on any atom is 0.0473 e. The van der Waals surface area contributed by atoms with E-state index in [-0.39, 0.29) is 0 Å². The third kappa shape index (κ3) is 13.0. The van der Waals surface area contributed by atoms with Crippen molar-refractivity contribution in [2.75, 3.05) is 11.8 Å². The van der Waals surface area contributed by atoms with Crippen LogP contribution in [0.4, 0.5) is 0 Å². The molecule has 0 aliphatic heterocycles. The van der Waals surface area contributed by atoms with Crippen molar-refractivity contribution in [3.8, 4) is 0 Å². The molecule has 0 spiro atoms. The maximum absolute atomic E-state index is 5.68. The SMILES string of the molecule is C[Si](C)(CCCCCCCl)CCCCCCCl.